The molecule has 10 heteroatoms. The van der Waals surface area contributed by atoms with Crippen LogP contribution in [0.15, 0.2) is 54.7 Å². The Morgan fingerprint density at radius 3 is 2.35 bits per heavy atom. The molecule has 162 valence electrons. The van der Waals surface area contributed by atoms with Crippen LogP contribution >= 0.6 is 0 Å². The van der Waals surface area contributed by atoms with Gasteiger partial charge >= 0.3 is 0 Å². The lowest BCUT2D eigenvalue weighted by Crippen LogP contribution is -2.49. The molecule has 0 amide bonds. The normalized spacial score (nSPS) is 15.1. The number of nitrogens with zero attached hydrogens (tertiary/aromatic N) is 5. The Labute approximate surface area is 180 Å². The zero-order valence-corrected chi connectivity index (χ0v) is 17.9. The Bertz CT molecular complexity index is 1130. The number of nitrogens with one attached hydrogen (secondary N) is 1. The van der Waals surface area contributed by atoms with Crippen LogP contribution < -0.4 is 10.2 Å². The number of hydrogen-bond acceptors (Lipinski definition) is 7. The molecule has 2 aromatic heterocycles. The van der Waals surface area contributed by atoms with Gasteiger partial charge in [-0.1, -0.05) is 24.3 Å². The molecule has 31 heavy (non-hydrogen) atoms. The van der Waals surface area contributed by atoms with E-state index in [0.717, 1.165) is 5.56 Å². The summed E-state index contributed by atoms with van der Waals surface area (Å²) in [6.07, 6.45) is 1.77. The van der Waals surface area contributed by atoms with E-state index >= 15 is 0 Å². The van der Waals surface area contributed by atoms with Crippen LogP contribution in [0.3, 0.4) is 0 Å². The van der Waals surface area contributed by atoms with Gasteiger partial charge in [0.25, 0.3) is 0 Å². The number of aromatic nitrogens is 3. The summed E-state index contributed by atoms with van der Waals surface area (Å²) in [5, 5.41) is 11.5. The molecule has 1 aliphatic heterocycles. The van der Waals surface area contributed by atoms with E-state index < -0.39 is 15.8 Å². The second-order valence-corrected chi connectivity index (χ2v) is 9.33. The summed E-state index contributed by atoms with van der Waals surface area (Å²) in [5.74, 6) is 1.09. The molecule has 1 N–H and O–H groups in total. The maximum Gasteiger partial charge on any atom is 0.218 e. The van der Waals surface area contributed by atoms with Crippen molar-refractivity contribution < 1.29 is 12.8 Å². The van der Waals surface area contributed by atoms with Crippen molar-refractivity contribution in [2.75, 3.05) is 36.4 Å². The molecule has 3 heterocycles. The average molecular weight is 443 g/mol. The number of halogens is 1. The van der Waals surface area contributed by atoms with Gasteiger partial charge in [0.15, 0.2) is 11.6 Å². The van der Waals surface area contributed by atoms with E-state index in [-0.39, 0.29) is 11.3 Å². The van der Waals surface area contributed by atoms with Crippen molar-refractivity contribution in [2.45, 2.75) is 12.7 Å². The highest BCUT2D eigenvalue weighted by molar-refractivity contribution is 7.88. The first-order chi connectivity index (χ1) is 14.9. The van der Waals surface area contributed by atoms with E-state index in [1.54, 1.807) is 18.3 Å². The number of rotatable bonds is 6. The minimum atomic E-state index is -3.60. The number of sulfonamides is 1. The third-order valence-electron chi connectivity index (χ3n) is 5.07. The van der Waals surface area contributed by atoms with Gasteiger partial charge in [-0.2, -0.15) is 4.31 Å². The van der Waals surface area contributed by atoms with Crippen LogP contribution in [0.25, 0.3) is 0 Å². The summed E-state index contributed by atoms with van der Waals surface area (Å²) in [6, 6.07) is 13.4. The Kier molecular flexibility index (Phi) is 6.10. The molecule has 1 aromatic carbocycles. The van der Waals surface area contributed by atoms with Gasteiger partial charge in [0.1, 0.15) is 11.6 Å². The maximum absolute atomic E-state index is 13.8. The van der Waals surface area contributed by atoms with Crippen LogP contribution in [-0.4, -0.2) is 54.1 Å². The van der Waals surface area contributed by atoms with Crippen LogP contribution in [0.4, 0.5) is 21.8 Å². The first-order valence-corrected chi connectivity index (χ1v) is 11.5. The van der Waals surface area contributed by atoms with Crippen LogP contribution in [0, 0.1) is 12.7 Å². The summed E-state index contributed by atoms with van der Waals surface area (Å²) >= 11 is 0. The first-order valence-electron chi connectivity index (χ1n) is 9.90. The van der Waals surface area contributed by atoms with Gasteiger partial charge in [-0.3, -0.25) is 0 Å². The molecule has 1 aliphatic rings. The molecule has 1 fully saturated rings. The zero-order valence-electron chi connectivity index (χ0n) is 17.1. The van der Waals surface area contributed by atoms with Gasteiger partial charge < -0.3 is 10.2 Å². The monoisotopic (exact) mass is 442 g/mol. The lowest BCUT2D eigenvalue weighted by atomic mass is 10.2. The van der Waals surface area contributed by atoms with Gasteiger partial charge in [0.05, 0.1) is 5.75 Å². The van der Waals surface area contributed by atoms with Crippen molar-refractivity contribution in [3.8, 4) is 0 Å². The number of piperazine rings is 1. The summed E-state index contributed by atoms with van der Waals surface area (Å²) in [4.78, 5) is 6.26. The van der Waals surface area contributed by atoms with Crippen molar-refractivity contribution in [2.24, 2.45) is 0 Å². The SMILES string of the molecule is Cc1ccc(Nc2ccc(N3CCN(S(=O)(=O)Cc4ccccc4F)CC3)nn2)nc1. The smallest absolute Gasteiger partial charge is 0.218 e. The van der Waals surface area contributed by atoms with Crippen LogP contribution in [-0.2, 0) is 15.8 Å². The van der Waals surface area contributed by atoms with Crippen LogP contribution in [0.1, 0.15) is 11.1 Å². The Balaban J connectivity index is 1.35. The third kappa shape index (κ3) is 5.15. The molecular weight excluding hydrogens is 419 g/mol. The minimum Gasteiger partial charge on any atom is -0.352 e. The van der Waals surface area contributed by atoms with E-state index in [9.17, 15) is 12.8 Å². The molecule has 4 rings (SSSR count). The molecule has 0 aliphatic carbocycles. The molecule has 0 unspecified atom stereocenters. The van der Waals surface area contributed by atoms with Crippen molar-refractivity contribution in [3.63, 3.8) is 0 Å². The van der Waals surface area contributed by atoms with Crippen LogP contribution in [0.2, 0.25) is 0 Å². The number of benzene rings is 1. The molecule has 0 spiro atoms. The lowest BCUT2D eigenvalue weighted by Gasteiger charge is -2.34. The predicted molar refractivity (Wildman–Crippen MR) is 117 cm³/mol. The highest BCUT2D eigenvalue weighted by Crippen LogP contribution is 2.20. The van der Waals surface area contributed by atoms with Gasteiger partial charge in [-0.05, 0) is 36.8 Å². The van der Waals surface area contributed by atoms with Gasteiger partial charge in [-0.25, -0.2) is 17.8 Å². The highest BCUT2D eigenvalue weighted by atomic mass is 32.2. The fourth-order valence-electron chi connectivity index (χ4n) is 3.33. The minimum absolute atomic E-state index is 0.182. The lowest BCUT2D eigenvalue weighted by molar-refractivity contribution is 0.382. The molecule has 0 saturated carbocycles. The standard InChI is InChI=1S/C21H23FN6O2S/c1-16-6-7-19(23-14-16)24-20-8-9-21(26-25-20)27-10-12-28(13-11-27)31(29,30)15-17-4-2-3-5-18(17)22/h2-9,14H,10-13,15H2,1H3,(H,23,24,25). The number of anilines is 3. The Hall–Kier alpha value is -3.11. The molecule has 0 bridgehead atoms. The van der Waals surface area contributed by atoms with Gasteiger partial charge in [-0.15, -0.1) is 10.2 Å². The largest absolute Gasteiger partial charge is 0.352 e. The van der Waals surface area contributed by atoms with E-state index in [4.69, 9.17) is 0 Å². The number of aryl methyl sites for hydroxylation is 1. The van der Waals surface area contributed by atoms with E-state index in [0.29, 0.717) is 43.6 Å². The third-order valence-corrected chi connectivity index (χ3v) is 6.90. The summed E-state index contributed by atoms with van der Waals surface area (Å²) in [7, 11) is -3.60. The topological polar surface area (TPSA) is 91.3 Å². The van der Waals surface area contributed by atoms with Crippen molar-refractivity contribution in [1.29, 1.82) is 0 Å². The molecule has 0 radical (unpaired) electrons. The fraction of sp³-hybridized carbons (Fsp3) is 0.286. The highest BCUT2D eigenvalue weighted by Gasteiger charge is 2.28. The maximum atomic E-state index is 13.8. The van der Waals surface area contributed by atoms with E-state index in [1.165, 1.54) is 16.4 Å². The molecule has 3 aromatic rings. The fourth-order valence-corrected chi connectivity index (χ4v) is 4.86. The number of pyridine rings is 1. The van der Waals surface area contributed by atoms with E-state index in [2.05, 4.69) is 20.5 Å². The van der Waals surface area contributed by atoms with Crippen molar-refractivity contribution in [1.82, 2.24) is 19.5 Å². The molecular formula is C21H23FN6O2S. The molecule has 8 nitrogen and oxygen atoms in total. The summed E-state index contributed by atoms with van der Waals surface area (Å²) < 4.78 is 40.6. The summed E-state index contributed by atoms with van der Waals surface area (Å²) in [6.45, 7) is 3.56. The average Bonchev–Trinajstić information content (AvgIpc) is 2.77. The second kappa shape index (κ2) is 8.94. The molecule has 0 atom stereocenters. The quantitative estimate of drug-likeness (QED) is 0.628. The Morgan fingerprint density at radius 2 is 1.71 bits per heavy atom. The zero-order chi connectivity index (χ0) is 21.8. The number of hydrogen-bond donors (Lipinski definition) is 1. The van der Waals surface area contributed by atoms with Gasteiger partial charge in [0, 0.05) is 37.9 Å². The first kappa shape index (κ1) is 21.1. The predicted octanol–water partition coefficient (Wildman–Crippen LogP) is 2.71. The van der Waals surface area contributed by atoms with Crippen molar-refractivity contribution >= 4 is 27.5 Å². The van der Waals surface area contributed by atoms with Gasteiger partial charge in [0.2, 0.25) is 10.0 Å². The second-order valence-electron chi connectivity index (χ2n) is 7.36. The van der Waals surface area contributed by atoms with Crippen molar-refractivity contribution in [3.05, 3.63) is 71.7 Å². The van der Waals surface area contributed by atoms with E-state index in [1.807, 2.05) is 36.1 Å². The van der Waals surface area contributed by atoms with Crippen LogP contribution in [0.5, 0.6) is 0 Å². The Morgan fingerprint density at radius 1 is 0.968 bits per heavy atom. The summed E-state index contributed by atoms with van der Waals surface area (Å²) in [5.41, 5.74) is 1.25. The molecule has 1 saturated heterocycles.